The van der Waals surface area contributed by atoms with Crippen LogP contribution in [0.15, 0.2) is 33.7 Å². The lowest BCUT2D eigenvalue weighted by molar-refractivity contribution is 0.0971. The molecule has 1 aliphatic heterocycles. The number of rotatable bonds is 2. The maximum Gasteiger partial charge on any atom is 0.278 e. The first-order valence-corrected chi connectivity index (χ1v) is 9.85. The summed E-state index contributed by atoms with van der Waals surface area (Å²) < 4.78 is 2.93. The van der Waals surface area contributed by atoms with Gasteiger partial charge in [-0.3, -0.25) is 15.1 Å². The van der Waals surface area contributed by atoms with E-state index in [1.165, 1.54) is 0 Å². The van der Waals surface area contributed by atoms with Crippen molar-refractivity contribution in [1.82, 2.24) is 15.1 Å². The maximum absolute atomic E-state index is 12.7. The average Bonchev–Trinajstić information content (AvgIpc) is 3.22. The van der Waals surface area contributed by atoms with Gasteiger partial charge in [-0.05, 0) is 43.9 Å². The van der Waals surface area contributed by atoms with Gasteiger partial charge in [-0.1, -0.05) is 33.8 Å². The smallest absolute Gasteiger partial charge is 0.278 e. The minimum Gasteiger partial charge on any atom is -0.300 e. The number of nitrogens with zero attached hydrogens (tertiary/aromatic N) is 3. The van der Waals surface area contributed by atoms with Crippen molar-refractivity contribution in [1.29, 1.82) is 0 Å². The van der Waals surface area contributed by atoms with Crippen LogP contribution in [0.5, 0.6) is 0 Å². The first-order chi connectivity index (χ1) is 11.7. The molecule has 2 aliphatic rings. The lowest BCUT2D eigenvalue weighted by Crippen LogP contribution is -2.28. The lowest BCUT2D eigenvalue weighted by atomic mass is 9.95. The van der Waals surface area contributed by atoms with E-state index in [0.717, 1.165) is 59.4 Å². The van der Waals surface area contributed by atoms with Gasteiger partial charge in [0.1, 0.15) is 0 Å². The van der Waals surface area contributed by atoms with Crippen molar-refractivity contribution >= 4 is 38.8 Å². The second-order valence-electron chi connectivity index (χ2n) is 5.86. The molecule has 1 N–H and O–H groups in total. The number of halogens is 1. The van der Waals surface area contributed by atoms with Gasteiger partial charge in [0, 0.05) is 21.5 Å². The normalized spacial score (nSPS) is 16.6. The molecule has 124 valence electrons. The van der Waals surface area contributed by atoms with E-state index in [2.05, 4.69) is 31.3 Å². The Morgan fingerprint density at radius 2 is 2.17 bits per heavy atom. The third kappa shape index (κ3) is 3.02. The molecule has 7 heteroatoms. The molecule has 4 rings (SSSR count). The summed E-state index contributed by atoms with van der Waals surface area (Å²) in [6, 6.07) is 8.02. The molecule has 0 atom stereocenters. The van der Waals surface area contributed by atoms with Crippen LogP contribution in [0.2, 0.25) is 0 Å². The van der Waals surface area contributed by atoms with Gasteiger partial charge in [-0.2, -0.15) is 5.10 Å². The molecular weight excluding hydrogens is 388 g/mol. The minimum atomic E-state index is -0.143. The summed E-state index contributed by atoms with van der Waals surface area (Å²) >= 11 is 5.10. The summed E-state index contributed by atoms with van der Waals surface area (Å²) in [6.07, 6.45) is 4.10. The van der Waals surface area contributed by atoms with E-state index in [-0.39, 0.29) is 5.91 Å². The fourth-order valence-corrected chi connectivity index (χ4v) is 4.28. The zero-order chi connectivity index (χ0) is 16.5. The van der Waals surface area contributed by atoms with Crippen LogP contribution in [0.4, 0.5) is 0 Å². The van der Waals surface area contributed by atoms with E-state index in [1.807, 2.05) is 28.9 Å². The molecule has 24 heavy (non-hydrogen) atoms. The van der Waals surface area contributed by atoms with Crippen molar-refractivity contribution in [3.05, 3.63) is 45.7 Å². The van der Waals surface area contributed by atoms with E-state index in [0.29, 0.717) is 10.9 Å². The fraction of sp³-hybridized carbons (Fsp3) is 0.353. The van der Waals surface area contributed by atoms with Gasteiger partial charge < -0.3 is 0 Å². The van der Waals surface area contributed by atoms with Crippen LogP contribution in [0, 0.1) is 0 Å². The molecule has 0 bridgehead atoms. The zero-order valence-electron chi connectivity index (χ0n) is 13.1. The molecule has 5 nitrogen and oxygen atoms in total. The summed E-state index contributed by atoms with van der Waals surface area (Å²) in [5.41, 5.74) is 3.77. The van der Waals surface area contributed by atoms with E-state index in [9.17, 15) is 4.79 Å². The van der Waals surface area contributed by atoms with Gasteiger partial charge in [0.25, 0.3) is 5.91 Å². The molecule has 0 spiro atoms. The van der Waals surface area contributed by atoms with Crippen molar-refractivity contribution in [3.63, 3.8) is 0 Å². The van der Waals surface area contributed by atoms with Crippen molar-refractivity contribution in [2.45, 2.75) is 25.7 Å². The molecule has 1 amide bonds. The Morgan fingerprint density at radius 1 is 1.29 bits per heavy atom. The number of amidine groups is 1. The van der Waals surface area contributed by atoms with Crippen LogP contribution in [-0.4, -0.2) is 33.2 Å². The number of carbonyl (C=O) groups is 1. The SMILES string of the molecule is O=C(NC1=NCCS1)c1nn(-c2cccc(Br)c2)c2c1CCCC2. The number of aromatic nitrogens is 2. The number of hydrogen-bond acceptors (Lipinski definition) is 4. The van der Waals surface area contributed by atoms with Crippen LogP contribution < -0.4 is 5.32 Å². The largest absolute Gasteiger partial charge is 0.300 e. The fourth-order valence-electron chi connectivity index (χ4n) is 3.17. The molecule has 1 aliphatic carbocycles. The third-order valence-electron chi connectivity index (χ3n) is 4.25. The average molecular weight is 405 g/mol. The number of hydrogen-bond donors (Lipinski definition) is 1. The van der Waals surface area contributed by atoms with Gasteiger partial charge in [0.05, 0.1) is 12.2 Å². The molecule has 0 radical (unpaired) electrons. The molecular formula is C17H17BrN4OS. The number of benzene rings is 1. The van der Waals surface area contributed by atoms with E-state index < -0.39 is 0 Å². The van der Waals surface area contributed by atoms with Gasteiger partial charge in [-0.25, -0.2) is 4.68 Å². The molecule has 1 aromatic heterocycles. The number of thioether (sulfide) groups is 1. The Labute approximate surface area is 153 Å². The predicted octanol–water partition coefficient (Wildman–Crippen LogP) is 3.35. The van der Waals surface area contributed by atoms with Gasteiger partial charge in [0.2, 0.25) is 0 Å². The van der Waals surface area contributed by atoms with Gasteiger partial charge in [-0.15, -0.1) is 0 Å². The van der Waals surface area contributed by atoms with Crippen molar-refractivity contribution in [2.24, 2.45) is 4.99 Å². The van der Waals surface area contributed by atoms with Crippen LogP contribution >= 0.6 is 27.7 Å². The third-order valence-corrected chi connectivity index (χ3v) is 5.64. The van der Waals surface area contributed by atoms with Crippen molar-refractivity contribution in [2.75, 3.05) is 12.3 Å². The van der Waals surface area contributed by atoms with Crippen LogP contribution in [0.3, 0.4) is 0 Å². The van der Waals surface area contributed by atoms with E-state index >= 15 is 0 Å². The highest BCUT2D eigenvalue weighted by Crippen LogP contribution is 2.28. The van der Waals surface area contributed by atoms with Crippen molar-refractivity contribution < 1.29 is 4.79 Å². The van der Waals surface area contributed by atoms with Gasteiger partial charge >= 0.3 is 0 Å². The quantitative estimate of drug-likeness (QED) is 0.834. The van der Waals surface area contributed by atoms with E-state index in [4.69, 9.17) is 0 Å². The molecule has 0 unspecified atom stereocenters. The number of fused-ring (bicyclic) bond motifs is 1. The molecule has 0 saturated carbocycles. The second kappa shape index (κ2) is 6.72. The number of carbonyl (C=O) groups excluding carboxylic acids is 1. The standard InChI is InChI=1S/C17H17BrN4OS/c18-11-4-3-5-12(10-11)22-14-7-2-1-6-13(14)15(21-22)16(23)20-17-19-8-9-24-17/h3-5,10H,1-2,6-9H2,(H,19,20,23). The first kappa shape index (κ1) is 15.9. The molecule has 2 heterocycles. The summed E-state index contributed by atoms with van der Waals surface area (Å²) in [5.74, 6) is 0.787. The highest BCUT2D eigenvalue weighted by Gasteiger charge is 2.26. The highest BCUT2D eigenvalue weighted by atomic mass is 79.9. The molecule has 1 aromatic carbocycles. The number of nitrogens with one attached hydrogen (secondary N) is 1. The minimum absolute atomic E-state index is 0.143. The number of amides is 1. The molecule has 0 saturated heterocycles. The Kier molecular flexibility index (Phi) is 4.45. The summed E-state index contributed by atoms with van der Waals surface area (Å²) in [7, 11) is 0. The van der Waals surface area contributed by atoms with Crippen LogP contribution in [0.1, 0.15) is 34.6 Å². The lowest BCUT2D eigenvalue weighted by Gasteiger charge is -2.14. The topological polar surface area (TPSA) is 59.3 Å². The first-order valence-electron chi connectivity index (χ1n) is 8.08. The number of aliphatic imine (C=N–C) groups is 1. The predicted molar refractivity (Wildman–Crippen MR) is 100 cm³/mol. The molecule has 0 fully saturated rings. The second-order valence-corrected chi connectivity index (χ2v) is 7.86. The zero-order valence-corrected chi connectivity index (χ0v) is 15.5. The Balaban J connectivity index is 1.73. The summed E-state index contributed by atoms with van der Waals surface area (Å²) in [5, 5.41) is 8.28. The highest BCUT2D eigenvalue weighted by molar-refractivity contribution is 9.10. The van der Waals surface area contributed by atoms with Gasteiger partial charge in [0.15, 0.2) is 10.9 Å². The Bertz CT molecular complexity index is 830. The Hall–Kier alpha value is -1.60. The van der Waals surface area contributed by atoms with E-state index in [1.54, 1.807) is 11.8 Å². The maximum atomic E-state index is 12.7. The van der Waals surface area contributed by atoms with Crippen LogP contribution in [-0.2, 0) is 12.8 Å². The van der Waals surface area contributed by atoms with Crippen molar-refractivity contribution in [3.8, 4) is 5.69 Å². The Morgan fingerprint density at radius 3 is 2.96 bits per heavy atom. The monoisotopic (exact) mass is 404 g/mol. The molecule has 2 aromatic rings. The summed E-state index contributed by atoms with van der Waals surface area (Å²) in [6.45, 7) is 0.769. The van der Waals surface area contributed by atoms with Crippen LogP contribution in [0.25, 0.3) is 5.69 Å². The summed E-state index contributed by atoms with van der Waals surface area (Å²) in [4.78, 5) is 17.0.